The molecule has 22 nitrogen and oxygen atoms in total. The van der Waals surface area contributed by atoms with Crippen LogP contribution in [-0.4, -0.2) is 151 Å². The lowest BCUT2D eigenvalue weighted by Gasteiger charge is -2.36. The fraction of sp³-hybridized carbons (Fsp3) is 0.448. The number of nitrogens with one attached hydrogen (secondary N) is 6. The lowest BCUT2D eigenvalue weighted by Crippen LogP contribution is -2.58. The van der Waals surface area contributed by atoms with Gasteiger partial charge in [0.2, 0.25) is 23.7 Å². The maximum Gasteiger partial charge on any atom is 0.264 e. The normalized spacial score (nSPS) is 16.2. The molecule has 0 aliphatic carbocycles. The first-order valence-corrected chi connectivity index (χ1v) is 28.3. The van der Waals surface area contributed by atoms with Crippen LogP contribution in [0.4, 0.5) is 29.0 Å². The molecule has 81 heavy (non-hydrogen) atoms. The number of fused-ring (bicyclic) bond motifs is 1. The molecule has 430 valence electrons. The number of thiazole rings is 1. The number of amides is 4. The third-order valence-corrected chi connectivity index (χ3v) is 15.2. The van der Waals surface area contributed by atoms with E-state index in [2.05, 4.69) is 85.2 Å². The molecule has 0 unspecified atom stereocenters. The first-order valence-electron chi connectivity index (χ1n) is 27.4. The van der Waals surface area contributed by atoms with Crippen LogP contribution in [0.5, 0.6) is 0 Å². The van der Waals surface area contributed by atoms with Gasteiger partial charge in [-0.3, -0.25) is 28.9 Å². The molecule has 23 heteroatoms. The Balaban J connectivity index is 0.735. The number of aryl methyl sites for hydroxylation is 1. The first kappa shape index (κ1) is 59.4. The standard InChI is InChI=1S/C58H74N14O8S/c1-8-22-59-53(76)43-32-61-56(67-52(43)65-46-15-13-14-45(64-46)58(6,7)79)63-38-17-19-39(20-18-38)71-26-24-70(25-27-71)23-11-9-10-12-28-80-34-48(75)66-51(57(3,4)5)55(78)72-33-40(73)29-44(72)54(77)60-31-37-16-21-41(50-36(2)62-35-81-50)49-42(37)30-47(74)68-69-49/h8,13-21,30,32,35,40,44,51,73,79H,1,9-12,22-29,31,33-34H2,2-7H3,(H,59,76)(H,60,77)(H,66,75)(H,68,74)(H2,61,63,64,65,67)/t40-,44+,51-/m1/s1. The smallest absolute Gasteiger partial charge is 0.264 e. The van der Waals surface area contributed by atoms with Gasteiger partial charge in [-0.2, -0.15) is 10.1 Å². The second-order valence-electron chi connectivity index (χ2n) is 22.0. The van der Waals surface area contributed by atoms with Crippen LogP contribution in [0, 0.1) is 12.3 Å². The third kappa shape index (κ3) is 15.6. The topological polar surface area (TPSA) is 285 Å². The van der Waals surface area contributed by atoms with Crippen molar-refractivity contribution >= 4 is 74.8 Å². The van der Waals surface area contributed by atoms with Crippen molar-refractivity contribution in [3.05, 3.63) is 118 Å². The molecule has 0 spiro atoms. The van der Waals surface area contributed by atoms with Crippen molar-refractivity contribution in [1.82, 2.24) is 55.9 Å². The maximum atomic E-state index is 14.2. The quantitative estimate of drug-likeness (QED) is 0.0267. The number of anilines is 5. The van der Waals surface area contributed by atoms with Crippen molar-refractivity contribution in [3.63, 3.8) is 0 Å². The van der Waals surface area contributed by atoms with Crippen molar-refractivity contribution < 1.29 is 34.1 Å². The van der Waals surface area contributed by atoms with Gasteiger partial charge < -0.3 is 51.3 Å². The molecule has 2 saturated heterocycles. The number of aliphatic hydroxyl groups is 2. The molecule has 4 amide bonds. The minimum atomic E-state index is -1.16. The van der Waals surface area contributed by atoms with Crippen LogP contribution in [0.2, 0.25) is 0 Å². The number of carbonyl (C=O) groups is 4. The number of ether oxygens (including phenoxy) is 1. The minimum absolute atomic E-state index is 0.0316. The van der Waals surface area contributed by atoms with E-state index in [1.165, 1.54) is 28.5 Å². The molecule has 2 fully saturated rings. The number of aliphatic hydroxyl groups excluding tert-OH is 1. The Morgan fingerprint density at radius 3 is 2.42 bits per heavy atom. The molecule has 8 N–H and O–H groups in total. The van der Waals surface area contributed by atoms with Crippen LogP contribution < -0.4 is 37.0 Å². The van der Waals surface area contributed by atoms with Crippen LogP contribution in [-0.2, 0) is 31.3 Å². The number of carbonyl (C=O) groups excluding carboxylic acids is 4. The molecule has 0 radical (unpaired) electrons. The summed E-state index contributed by atoms with van der Waals surface area (Å²) in [6.07, 6.45) is 5.93. The highest BCUT2D eigenvalue weighted by Crippen LogP contribution is 2.34. The molecule has 6 heterocycles. The molecule has 8 rings (SSSR count). The van der Waals surface area contributed by atoms with Crippen molar-refractivity contribution in [2.24, 2.45) is 5.41 Å². The van der Waals surface area contributed by atoms with Gasteiger partial charge in [-0.15, -0.1) is 17.9 Å². The van der Waals surface area contributed by atoms with E-state index in [4.69, 9.17) is 4.74 Å². The molecule has 0 saturated carbocycles. The molecule has 6 aromatic rings. The van der Waals surface area contributed by atoms with Gasteiger partial charge in [0.05, 0.1) is 33.4 Å². The number of rotatable bonds is 24. The number of aromatic nitrogens is 6. The van der Waals surface area contributed by atoms with Crippen LogP contribution >= 0.6 is 11.3 Å². The number of aromatic amines is 1. The van der Waals surface area contributed by atoms with Crippen molar-refractivity contribution in [2.45, 2.75) is 104 Å². The predicted octanol–water partition coefficient (Wildman–Crippen LogP) is 5.68. The molecular formula is C58H74N14O8S. The number of hydrogen-bond acceptors (Lipinski definition) is 18. The number of nitrogens with zero attached hydrogens (tertiary/aromatic N) is 8. The third-order valence-electron chi connectivity index (χ3n) is 14.3. The Morgan fingerprint density at radius 2 is 1.70 bits per heavy atom. The minimum Gasteiger partial charge on any atom is -0.391 e. The number of unbranched alkanes of at least 4 members (excludes halogenated alkanes) is 3. The average Bonchev–Trinajstić information content (AvgIpc) is 4.32. The van der Waals surface area contributed by atoms with E-state index in [0.717, 1.165) is 85.9 Å². The zero-order valence-electron chi connectivity index (χ0n) is 46.9. The molecule has 2 aliphatic rings. The number of β-amino-alcohol motifs (C(OH)–C–C–N with tert-alkyl or cyclic N) is 1. The fourth-order valence-electron chi connectivity index (χ4n) is 9.83. The van der Waals surface area contributed by atoms with E-state index in [1.54, 1.807) is 43.6 Å². The molecular weight excluding hydrogens is 1050 g/mol. The summed E-state index contributed by atoms with van der Waals surface area (Å²) in [7, 11) is 0. The van der Waals surface area contributed by atoms with Gasteiger partial charge in [0.1, 0.15) is 41.5 Å². The van der Waals surface area contributed by atoms with E-state index < -0.39 is 46.9 Å². The van der Waals surface area contributed by atoms with Gasteiger partial charge in [-0.05, 0) is 87.5 Å². The highest BCUT2D eigenvalue weighted by Gasteiger charge is 2.44. The van der Waals surface area contributed by atoms with Crippen LogP contribution in [0.1, 0.15) is 94.0 Å². The summed E-state index contributed by atoms with van der Waals surface area (Å²) in [6, 6.07) is 16.5. The largest absolute Gasteiger partial charge is 0.391 e. The molecule has 0 bridgehead atoms. The number of likely N-dealkylation sites (tertiary alicyclic amines) is 1. The van der Waals surface area contributed by atoms with Crippen LogP contribution in [0.15, 0.2) is 89.8 Å². The summed E-state index contributed by atoms with van der Waals surface area (Å²) >= 11 is 1.46. The van der Waals surface area contributed by atoms with Crippen LogP contribution in [0.3, 0.4) is 0 Å². The predicted molar refractivity (Wildman–Crippen MR) is 313 cm³/mol. The summed E-state index contributed by atoms with van der Waals surface area (Å²) in [5.41, 5.74) is 4.88. The van der Waals surface area contributed by atoms with E-state index in [1.807, 2.05) is 52.0 Å². The average molecular weight is 1130 g/mol. The van der Waals surface area contributed by atoms with Crippen molar-refractivity contribution in [2.75, 3.05) is 74.6 Å². The number of benzene rings is 2. The summed E-state index contributed by atoms with van der Waals surface area (Å²) in [5.74, 6) is -0.829. The van der Waals surface area contributed by atoms with Crippen molar-refractivity contribution in [3.8, 4) is 10.4 Å². The van der Waals surface area contributed by atoms with E-state index >= 15 is 0 Å². The number of piperazine rings is 1. The van der Waals surface area contributed by atoms with E-state index in [9.17, 15) is 34.2 Å². The number of hydrogen-bond donors (Lipinski definition) is 8. The van der Waals surface area contributed by atoms with Gasteiger partial charge in [0.25, 0.3) is 11.5 Å². The fourth-order valence-corrected chi connectivity index (χ4v) is 10.7. The summed E-state index contributed by atoms with van der Waals surface area (Å²) in [4.78, 5) is 91.7. The monoisotopic (exact) mass is 1130 g/mol. The first-order chi connectivity index (χ1) is 38.7. The van der Waals surface area contributed by atoms with E-state index in [-0.39, 0.29) is 61.5 Å². The summed E-state index contributed by atoms with van der Waals surface area (Å²) in [5, 5.41) is 43.6. The van der Waals surface area contributed by atoms with Gasteiger partial charge in [-0.1, -0.05) is 57.9 Å². The molecule has 2 aromatic carbocycles. The Kier molecular flexibility index (Phi) is 19.6. The Hall–Kier alpha value is -7.70. The molecule has 3 atom stereocenters. The lowest BCUT2D eigenvalue weighted by molar-refractivity contribution is -0.144. The number of H-pyrrole nitrogens is 1. The zero-order chi connectivity index (χ0) is 57.8. The Bertz CT molecular complexity index is 3240. The second-order valence-corrected chi connectivity index (χ2v) is 22.9. The van der Waals surface area contributed by atoms with Gasteiger partial charge in [0, 0.05) is 93.4 Å². The van der Waals surface area contributed by atoms with Gasteiger partial charge in [0.15, 0.2) is 0 Å². The SMILES string of the molecule is C=CCNC(=O)c1cnc(Nc2ccc(N3CCN(CCCCCCOCC(=O)N[C@H](C(=O)N4C[C@H](O)C[C@H]4C(=O)NCc4ccc(-c5scnc5C)c5n[nH]c(=O)cc45)C(C)(C)C)CC3)cc2)nc1Nc1cccc(C(C)(C)O)n1. The summed E-state index contributed by atoms with van der Waals surface area (Å²) < 4.78 is 5.76. The summed E-state index contributed by atoms with van der Waals surface area (Å²) in [6.45, 7) is 19.4. The zero-order valence-corrected chi connectivity index (χ0v) is 47.7. The Morgan fingerprint density at radius 1 is 0.938 bits per heavy atom. The molecule has 4 aromatic heterocycles. The second kappa shape index (κ2) is 26.7. The van der Waals surface area contributed by atoms with E-state index in [0.29, 0.717) is 34.6 Å². The highest BCUT2D eigenvalue weighted by atomic mass is 32.1. The van der Waals surface area contributed by atoms with Crippen molar-refractivity contribution in [1.29, 1.82) is 0 Å². The molecule has 2 aliphatic heterocycles. The van der Waals surface area contributed by atoms with Crippen LogP contribution in [0.25, 0.3) is 21.3 Å². The van der Waals surface area contributed by atoms with Gasteiger partial charge in [-0.25, -0.2) is 20.1 Å². The highest BCUT2D eigenvalue weighted by molar-refractivity contribution is 7.13. The number of pyridine rings is 1. The lowest BCUT2D eigenvalue weighted by atomic mass is 9.85. The Labute approximate surface area is 475 Å². The van der Waals surface area contributed by atoms with Gasteiger partial charge >= 0.3 is 0 Å². The maximum absolute atomic E-state index is 14.2.